The van der Waals surface area contributed by atoms with Crippen LogP contribution in [-0.4, -0.2) is 17.0 Å². The van der Waals surface area contributed by atoms with Crippen molar-refractivity contribution in [3.8, 4) is 11.6 Å². The molecule has 0 spiro atoms. The van der Waals surface area contributed by atoms with Gasteiger partial charge in [-0.25, -0.2) is 9.97 Å². The van der Waals surface area contributed by atoms with Gasteiger partial charge >= 0.3 is 0 Å². The maximum Gasteiger partial charge on any atom is 0.240 e. The second-order valence-electron chi connectivity index (χ2n) is 4.15. The fourth-order valence-electron chi connectivity index (χ4n) is 1.82. The number of fused-ring (bicyclic) bond motifs is 1. The van der Waals surface area contributed by atoms with E-state index in [0.29, 0.717) is 5.88 Å². The molecule has 4 nitrogen and oxygen atoms in total. The number of anilines is 1. The fourth-order valence-corrected chi connectivity index (χ4v) is 2.75. The van der Waals surface area contributed by atoms with E-state index in [0.717, 1.165) is 27.2 Å². The van der Waals surface area contributed by atoms with Gasteiger partial charge in [0.25, 0.3) is 0 Å². The van der Waals surface area contributed by atoms with Crippen molar-refractivity contribution in [2.45, 2.75) is 6.92 Å². The molecule has 0 unspecified atom stereocenters. The van der Waals surface area contributed by atoms with Crippen LogP contribution in [0.4, 0.5) is 5.69 Å². The molecule has 0 fully saturated rings. The van der Waals surface area contributed by atoms with Gasteiger partial charge in [0.15, 0.2) is 0 Å². The van der Waals surface area contributed by atoms with E-state index in [9.17, 15) is 0 Å². The zero-order valence-electron chi connectivity index (χ0n) is 10.7. The highest BCUT2D eigenvalue weighted by Gasteiger charge is 2.09. The number of benzene rings is 1. The third kappa shape index (κ3) is 2.24. The van der Waals surface area contributed by atoms with E-state index < -0.39 is 0 Å². The molecular formula is C14H13N3OS. The van der Waals surface area contributed by atoms with Crippen molar-refractivity contribution >= 4 is 27.2 Å². The minimum atomic E-state index is 0.611. The molecule has 3 rings (SSSR count). The van der Waals surface area contributed by atoms with Crippen LogP contribution >= 0.6 is 11.3 Å². The molecule has 0 aliphatic heterocycles. The maximum atomic E-state index is 5.84. The van der Waals surface area contributed by atoms with Gasteiger partial charge in [-0.1, -0.05) is 0 Å². The van der Waals surface area contributed by atoms with Crippen LogP contribution in [0, 0.1) is 6.92 Å². The summed E-state index contributed by atoms with van der Waals surface area (Å²) in [5, 5.41) is 5.14. The van der Waals surface area contributed by atoms with Crippen molar-refractivity contribution in [1.29, 1.82) is 0 Å². The molecule has 2 heterocycles. The average molecular weight is 271 g/mol. The van der Waals surface area contributed by atoms with Crippen LogP contribution < -0.4 is 10.1 Å². The number of hydrogen-bond donors (Lipinski definition) is 1. The molecule has 0 amide bonds. The minimum absolute atomic E-state index is 0.611. The topological polar surface area (TPSA) is 47.0 Å². The van der Waals surface area contributed by atoms with Crippen LogP contribution in [-0.2, 0) is 0 Å². The summed E-state index contributed by atoms with van der Waals surface area (Å²) in [5.41, 5.74) is 3.16. The van der Waals surface area contributed by atoms with Crippen LogP contribution in [0.25, 0.3) is 10.2 Å². The maximum absolute atomic E-state index is 5.84. The SMILES string of the molecule is CNc1ccc(Oc2ncnc3c(C)csc23)cc1. The van der Waals surface area contributed by atoms with Crippen LogP contribution in [0.15, 0.2) is 36.0 Å². The van der Waals surface area contributed by atoms with Crippen molar-refractivity contribution in [1.82, 2.24) is 9.97 Å². The van der Waals surface area contributed by atoms with Gasteiger partial charge in [-0.15, -0.1) is 11.3 Å². The molecule has 0 radical (unpaired) electrons. The lowest BCUT2D eigenvalue weighted by atomic mass is 10.3. The van der Waals surface area contributed by atoms with Crippen LogP contribution in [0.2, 0.25) is 0 Å². The molecule has 2 aromatic heterocycles. The molecule has 1 N–H and O–H groups in total. The number of nitrogens with zero attached hydrogens (tertiary/aromatic N) is 2. The normalized spacial score (nSPS) is 10.6. The van der Waals surface area contributed by atoms with Gasteiger partial charge in [0, 0.05) is 12.7 Å². The Hall–Kier alpha value is -2.14. The van der Waals surface area contributed by atoms with E-state index in [1.54, 1.807) is 17.7 Å². The molecule has 0 bridgehead atoms. The van der Waals surface area contributed by atoms with Gasteiger partial charge in [-0.3, -0.25) is 0 Å². The Bertz CT molecular complexity index is 706. The number of aryl methyl sites for hydroxylation is 1. The van der Waals surface area contributed by atoms with E-state index >= 15 is 0 Å². The molecule has 0 aliphatic carbocycles. The number of aromatic nitrogens is 2. The van der Waals surface area contributed by atoms with E-state index in [-0.39, 0.29) is 0 Å². The Balaban J connectivity index is 1.96. The first-order valence-electron chi connectivity index (χ1n) is 5.92. The average Bonchev–Trinajstić information content (AvgIpc) is 2.83. The monoisotopic (exact) mass is 271 g/mol. The Labute approximate surface area is 115 Å². The number of hydrogen-bond acceptors (Lipinski definition) is 5. The second kappa shape index (κ2) is 4.85. The van der Waals surface area contributed by atoms with Gasteiger partial charge in [0.1, 0.15) is 16.8 Å². The Morgan fingerprint density at radius 3 is 2.68 bits per heavy atom. The van der Waals surface area contributed by atoms with Gasteiger partial charge < -0.3 is 10.1 Å². The van der Waals surface area contributed by atoms with Crippen LogP contribution in [0.5, 0.6) is 11.6 Å². The first-order chi connectivity index (χ1) is 9.28. The lowest BCUT2D eigenvalue weighted by molar-refractivity contribution is 0.469. The molecule has 96 valence electrons. The summed E-state index contributed by atoms with van der Waals surface area (Å²) >= 11 is 1.61. The van der Waals surface area contributed by atoms with Gasteiger partial charge in [0.05, 0.1) is 5.52 Å². The molecule has 5 heteroatoms. The highest BCUT2D eigenvalue weighted by Crippen LogP contribution is 2.32. The highest BCUT2D eigenvalue weighted by atomic mass is 32.1. The second-order valence-corrected chi connectivity index (χ2v) is 5.03. The van der Waals surface area contributed by atoms with Crippen molar-refractivity contribution in [3.05, 3.63) is 41.5 Å². The van der Waals surface area contributed by atoms with Crippen molar-refractivity contribution < 1.29 is 4.74 Å². The number of ether oxygens (including phenoxy) is 1. The number of nitrogens with one attached hydrogen (secondary N) is 1. The predicted molar refractivity (Wildman–Crippen MR) is 78.2 cm³/mol. The van der Waals surface area contributed by atoms with Gasteiger partial charge in [-0.05, 0) is 42.1 Å². The zero-order chi connectivity index (χ0) is 13.2. The molecule has 0 atom stereocenters. The van der Waals surface area contributed by atoms with E-state index in [4.69, 9.17) is 4.74 Å². The first kappa shape index (κ1) is 11.9. The summed E-state index contributed by atoms with van der Waals surface area (Å²) in [6.45, 7) is 2.04. The van der Waals surface area contributed by atoms with Gasteiger partial charge in [-0.2, -0.15) is 0 Å². The Morgan fingerprint density at radius 1 is 1.16 bits per heavy atom. The fraction of sp³-hybridized carbons (Fsp3) is 0.143. The summed E-state index contributed by atoms with van der Waals surface area (Å²) in [6.07, 6.45) is 1.54. The molecule has 0 saturated carbocycles. The molecule has 1 aromatic carbocycles. The summed E-state index contributed by atoms with van der Waals surface area (Å²) in [4.78, 5) is 8.50. The van der Waals surface area contributed by atoms with Crippen molar-refractivity contribution in [2.75, 3.05) is 12.4 Å². The third-order valence-electron chi connectivity index (χ3n) is 2.86. The minimum Gasteiger partial charge on any atom is -0.437 e. The smallest absolute Gasteiger partial charge is 0.240 e. The first-order valence-corrected chi connectivity index (χ1v) is 6.80. The van der Waals surface area contributed by atoms with Crippen molar-refractivity contribution in [3.63, 3.8) is 0 Å². The largest absolute Gasteiger partial charge is 0.437 e. The lowest BCUT2D eigenvalue weighted by Gasteiger charge is -2.06. The van der Waals surface area contributed by atoms with E-state index in [1.807, 2.05) is 38.2 Å². The van der Waals surface area contributed by atoms with Crippen LogP contribution in [0.3, 0.4) is 0 Å². The highest BCUT2D eigenvalue weighted by molar-refractivity contribution is 7.17. The summed E-state index contributed by atoms with van der Waals surface area (Å²) < 4.78 is 6.82. The van der Waals surface area contributed by atoms with Gasteiger partial charge in [0.2, 0.25) is 5.88 Å². The lowest BCUT2D eigenvalue weighted by Crippen LogP contribution is -1.91. The molecule has 0 saturated heterocycles. The quantitative estimate of drug-likeness (QED) is 0.786. The zero-order valence-corrected chi connectivity index (χ0v) is 11.5. The van der Waals surface area contributed by atoms with Crippen molar-refractivity contribution in [2.24, 2.45) is 0 Å². The molecule has 3 aromatic rings. The summed E-state index contributed by atoms with van der Waals surface area (Å²) in [7, 11) is 1.89. The van der Waals surface area contributed by atoms with E-state index in [2.05, 4.69) is 20.7 Å². The Kier molecular flexibility index (Phi) is 3.05. The number of rotatable bonds is 3. The predicted octanol–water partition coefficient (Wildman–Crippen LogP) is 3.83. The molecule has 0 aliphatic rings. The third-order valence-corrected chi connectivity index (χ3v) is 3.93. The summed E-state index contributed by atoms with van der Waals surface area (Å²) in [5.74, 6) is 1.38. The molecular weight excluding hydrogens is 258 g/mol. The number of thiophene rings is 1. The molecule has 19 heavy (non-hydrogen) atoms. The van der Waals surface area contributed by atoms with E-state index in [1.165, 1.54) is 0 Å². The summed E-state index contributed by atoms with van der Waals surface area (Å²) in [6, 6.07) is 7.77. The van der Waals surface area contributed by atoms with Crippen LogP contribution in [0.1, 0.15) is 5.56 Å². The standard InChI is InChI=1S/C14H13N3OS/c1-9-7-19-13-12(9)16-8-17-14(13)18-11-5-3-10(15-2)4-6-11/h3-8,15H,1-2H3. The Morgan fingerprint density at radius 2 is 1.95 bits per heavy atom.